The summed E-state index contributed by atoms with van der Waals surface area (Å²) in [6, 6.07) is 2.02. The number of hydrogen-bond donors (Lipinski definition) is 1. The SMILES string of the molecule is CC[C@@H]1CN(C=O)C[C@@H]1c1cnc2cnc3[nH]ccc3n12. The highest BCUT2D eigenvalue weighted by Crippen LogP contribution is 2.35. The molecule has 0 unspecified atom stereocenters. The lowest BCUT2D eigenvalue weighted by atomic mass is 9.91. The summed E-state index contributed by atoms with van der Waals surface area (Å²) in [7, 11) is 0. The van der Waals surface area contributed by atoms with Crippen LogP contribution in [-0.2, 0) is 4.79 Å². The average molecular weight is 283 g/mol. The maximum absolute atomic E-state index is 11.1. The smallest absolute Gasteiger partial charge is 0.209 e. The van der Waals surface area contributed by atoms with Crippen molar-refractivity contribution in [3.8, 4) is 0 Å². The van der Waals surface area contributed by atoms with Crippen molar-refractivity contribution in [3.05, 3.63) is 30.4 Å². The number of carbonyl (C=O) groups is 1. The third-order valence-corrected chi connectivity index (χ3v) is 4.59. The lowest BCUT2D eigenvalue weighted by molar-refractivity contribution is -0.117. The lowest BCUT2D eigenvalue weighted by Crippen LogP contribution is -2.18. The van der Waals surface area contributed by atoms with Gasteiger partial charge in [-0.1, -0.05) is 13.3 Å². The van der Waals surface area contributed by atoms with Gasteiger partial charge in [0.05, 0.1) is 11.7 Å². The van der Waals surface area contributed by atoms with E-state index in [9.17, 15) is 4.79 Å². The van der Waals surface area contributed by atoms with Crippen LogP contribution in [0.5, 0.6) is 0 Å². The molecule has 1 amide bonds. The number of hydrogen-bond acceptors (Lipinski definition) is 3. The lowest BCUT2D eigenvalue weighted by Gasteiger charge is -2.16. The zero-order valence-corrected chi connectivity index (χ0v) is 11.9. The normalized spacial score (nSPS) is 22.4. The third-order valence-electron chi connectivity index (χ3n) is 4.59. The van der Waals surface area contributed by atoms with Gasteiger partial charge in [0.25, 0.3) is 0 Å². The van der Waals surface area contributed by atoms with E-state index < -0.39 is 0 Å². The van der Waals surface area contributed by atoms with Gasteiger partial charge in [0.1, 0.15) is 0 Å². The second-order valence-electron chi connectivity index (χ2n) is 5.68. The van der Waals surface area contributed by atoms with Crippen LogP contribution in [0.1, 0.15) is 25.0 Å². The number of nitrogens with one attached hydrogen (secondary N) is 1. The molecule has 2 atom stereocenters. The second kappa shape index (κ2) is 4.58. The predicted octanol–water partition coefficient (Wildman–Crippen LogP) is 1.79. The summed E-state index contributed by atoms with van der Waals surface area (Å²) in [6.45, 7) is 3.78. The minimum absolute atomic E-state index is 0.329. The van der Waals surface area contributed by atoms with E-state index in [2.05, 4.69) is 26.3 Å². The van der Waals surface area contributed by atoms with E-state index in [0.717, 1.165) is 42.7 Å². The molecule has 21 heavy (non-hydrogen) atoms. The minimum Gasteiger partial charge on any atom is -0.345 e. The first kappa shape index (κ1) is 12.4. The number of aromatic amines is 1. The predicted molar refractivity (Wildman–Crippen MR) is 79.0 cm³/mol. The zero-order valence-electron chi connectivity index (χ0n) is 11.9. The molecule has 1 aliphatic rings. The van der Waals surface area contributed by atoms with Crippen LogP contribution in [0.25, 0.3) is 16.8 Å². The van der Waals surface area contributed by atoms with Gasteiger partial charge in [-0.25, -0.2) is 9.97 Å². The Balaban J connectivity index is 1.89. The van der Waals surface area contributed by atoms with Gasteiger partial charge in [-0.05, 0) is 12.0 Å². The summed E-state index contributed by atoms with van der Waals surface area (Å²) < 4.78 is 2.17. The molecule has 0 saturated carbocycles. The molecule has 0 spiro atoms. The Morgan fingerprint density at radius 1 is 1.38 bits per heavy atom. The third kappa shape index (κ3) is 1.75. The number of carbonyl (C=O) groups excluding carboxylic acids is 1. The van der Waals surface area contributed by atoms with Crippen LogP contribution in [0.15, 0.2) is 24.7 Å². The number of nitrogens with zero attached hydrogens (tertiary/aromatic N) is 4. The van der Waals surface area contributed by atoms with E-state index in [1.807, 2.05) is 23.4 Å². The Bertz CT molecular complexity index is 805. The molecule has 4 heterocycles. The summed E-state index contributed by atoms with van der Waals surface area (Å²) in [5, 5.41) is 0. The monoisotopic (exact) mass is 283 g/mol. The van der Waals surface area contributed by atoms with Crippen LogP contribution >= 0.6 is 0 Å². The number of amides is 1. The van der Waals surface area contributed by atoms with Crippen molar-refractivity contribution in [2.24, 2.45) is 5.92 Å². The van der Waals surface area contributed by atoms with Gasteiger partial charge in [-0.3, -0.25) is 9.20 Å². The second-order valence-corrected chi connectivity index (χ2v) is 5.68. The largest absolute Gasteiger partial charge is 0.345 e. The molecule has 1 saturated heterocycles. The Morgan fingerprint density at radius 2 is 2.29 bits per heavy atom. The molecule has 6 nitrogen and oxygen atoms in total. The standard InChI is InChI=1S/C15H17N5O/c1-2-10-7-19(9-21)8-11(10)13-5-17-14-6-18-15-12(20(13)14)3-4-16-15/h3-6,9-11,16H,2,7-8H2,1H3/t10-,11+/m1/s1. The molecular weight excluding hydrogens is 266 g/mol. The van der Waals surface area contributed by atoms with Crippen molar-refractivity contribution in [2.45, 2.75) is 19.3 Å². The maximum atomic E-state index is 11.1. The number of aromatic nitrogens is 4. The Morgan fingerprint density at radius 3 is 3.10 bits per heavy atom. The van der Waals surface area contributed by atoms with E-state index >= 15 is 0 Å². The summed E-state index contributed by atoms with van der Waals surface area (Å²) >= 11 is 0. The van der Waals surface area contributed by atoms with Crippen molar-refractivity contribution in [1.82, 2.24) is 24.3 Å². The summed E-state index contributed by atoms with van der Waals surface area (Å²) in [5.41, 5.74) is 3.93. The molecule has 0 aliphatic carbocycles. The van der Waals surface area contributed by atoms with Crippen molar-refractivity contribution >= 4 is 23.2 Å². The van der Waals surface area contributed by atoms with Crippen LogP contribution < -0.4 is 0 Å². The van der Waals surface area contributed by atoms with Crippen LogP contribution in [-0.4, -0.2) is 43.8 Å². The van der Waals surface area contributed by atoms with E-state index in [4.69, 9.17) is 0 Å². The van der Waals surface area contributed by atoms with Gasteiger partial charge in [-0.2, -0.15) is 0 Å². The fraction of sp³-hybridized carbons (Fsp3) is 0.400. The van der Waals surface area contributed by atoms with Crippen molar-refractivity contribution in [1.29, 1.82) is 0 Å². The van der Waals surface area contributed by atoms with Crippen molar-refractivity contribution < 1.29 is 4.79 Å². The van der Waals surface area contributed by atoms with E-state index in [0.29, 0.717) is 11.8 Å². The molecule has 0 radical (unpaired) electrons. The Kier molecular flexibility index (Phi) is 2.70. The summed E-state index contributed by atoms with van der Waals surface area (Å²) in [6.07, 6.45) is 7.63. The van der Waals surface area contributed by atoms with Gasteiger partial charge in [0.2, 0.25) is 6.41 Å². The van der Waals surface area contributed by atoms with Crippen LogP contribution in [0.3, 0.4) is 0 Å². The fourth-order valence-corrected chi connectivity index (χ4v) is 3.49. The molecule has 1 N–H and O–H groups in total. The van der Waals surface area contributed by atoms with E-state index in [1.54, 1.807) is 6.20 Å². The van der Waals surface area contributed by atoms with Gasteiger partial charge >= 0.3 is 0 Å². The first-order chi connectivity index (χ1) is 10.3. The molecule has 0 bridgehead atoms. The molecule has 4 rings (SSSR count). The molecule has 6 heteroatoms. The minimum atomic E-state index is 0.329. The number of fused-ring (bicyclic) bond motifs is 3. The summed E-state index contributed by atoms with van der Waals surface area (Å²) in [5.74, 6) is 0.813. The van der Waals surface area contributed by atoms with Gasteiger partial charge < -0.3 is 9.88 Å². The van der Waals surface area contributed by atoms with Gasteiger partial charge in [0, 0.05) is 37.1 Å². The average Bonchev–Trinajstić information content (AvgIpc) is 3.22. The number of likely N-dealkylation sites (tertiary alicyclic amines) is 1. The highest BCUT2D eigenvalue weighted by atomic mass is 16.1. The van der Waals surface area contributed by atoms with Crippen LogP contribution in [0, 0.1) is 5.92 Å². The molecule has 108 valence electrons. The van der Waals surface area contributed by atoms with Crippen LogP contribution in [0.2, 0.25) is 0 Å². The molecule has 3 aromatic heterocycles. The zero-order chi connectivity index (χ0) is 14.4. The molecule has 1 fully saturated rings. The van der Waals surface area contributed by atoms with E-state index in [-0.39, 0.29) is 0 Å². The van der Waals surface area contributed by atoms with Gasteiger partial charge in [0.15, 0.2) is 11.3 Å². The quantitative estimate of drug-likeness (QED) is 0.745. The number of rotatable bonds is 3. The van der Waals surface area contributed by atoms with Crippen LogP contribution in [0.4, 0.5) is 0 Å². The first-order valence-corrected chi connectivity index (χ1v) is 7.30. The first-order valence-electron chi connectivity index (χ1n) is 7.30. The molecular formula is C15H17N5O. The number of H-pyrrole nitrogens is 1. The van der Waals surface area contributed by atoms with Gasteiger partial charge in [-0.15, -0.1) is 0 Å². The Labute approximate surface area is 121 Å². The van der Waals surface area contributed by atoms with Crippen molar-refractivity contribution in [3.63, 3.8) is 0 Å². The molecule has 1 aliphatic heterocycles. The summed E-state index contributed by atoms with van der Waals surface area (Å²) in [4.78, 5) is 25.0. The maximum Gasteiger partial charge on any atom is 0.209 e. The van der Waals surface area contributed by atoms with Crippen molar-refractivity contribution in [2.75, 3.05) is 13.1 Å². The molecule has 3 aromatic rings. The van der Waals surface area contributed by atoms with E-state index in [1.165, 1.54) is 5.69 Å². The molecule has 0 aromatic carbocycles. The highest BCUT2D eigenvalue weighted by molar-refractivity contribution is 5.74. The number of imidazole rings is 1. The fourth-order valence-electron chi connectivity index (χ4n) is 3.49. The highest BCUT2D eigenvalue weighted by Gasteiger charge is 2.34. The topological polar surface area (TPSA) is 66.3 Å². The Hall–Kier alpha value is -2.37.